The van der Waals surface area contributed by atoms with Gasteiger partial charge in [0.2, 0.25) is 5.24 Å². The molecule has 0 bridgehead atoms. The van der Waals surface area contributed by atoms with E-state index in [4.69, 9.17) is 34.8 Å². The third kappa shape index (κ3) is 1.90. The fraction of sp³-hybridized carbons (Fsp3) is 0.571. The molecule has 1 nitrogen and oxygen atoms in total. The van der Waals surface area contributed by atoms with Gasteiger partial charge >= 0.3 is 0 Å². The van der Waals surface area contributed by atoms with Gasteiger partial charge in [-0.15, -0.1) is 0 Å². The lowest BCUT2D eigenvalue weighted by molar-refractivity contribution is -0.116. The SMILES string of the molecule is CC1(C(=O)Cl)CC1C=C(Cl)Cl. The standard InChI is InChI=1S/C7H7Cl3O/c1-7(6(10)11)3-4(7)2-5(8)9/h2,4H,3H2,1H3. The number of hydrogen-bond donors (Lipinski definition) is 0. The van der Waals surface area contributed by atoms with Gasteiger partial charge in [-0.2, -0.15) is 0 Å². The van der Waals surface area contributed by atoms with Crippen molar-refractivity contribution in [3.63, 3.8) is 0 Å². The van der Waals surface area contributed by atoms with Crippen LogP contribution in [0, 0.1) is 11.3 Å². The Labute approximate surface area is 80.3 Å². The van der Waals surface area contributed by atoms with Gasteiger partial charge in [0.05, 0.1) is 0 Å². The summed E-state index contributed by atoms with van der Waals surface area (Å²) in [6.07, 6.45) is 2.40. The fourth-order valence-corrected chi connectivity index (χ4v) is 1.54. The molecule has 0 aromatic heterocycles. The minimum Gasteiger partial charge on any atom is -0.281 e. The third-order valence-electron chi connectivity index (χ3n) is 2.08. The Morgan fingerprint density at radius 3 is 2.36 bits per heavy atom. The molecule has 2 atom stereocenters. The van der Waals surface area contributed by atoms with Crippen LogP contribution in [0.3, 0.4) is 0 Å². The van der Waals surface area contributed by atoms with Crippen molar-refractivity contribution in [1.29, 1.82) is 0 Å². The van der Waals surface area contributed by atoms with Crippen molar-refractivity contribution >= 4 is 40.0 Å². The lowest BCUT2D eigenvalue weighted by Gasteiger charge is -1.99. The second-order valence-corrected chi connectivity index (χ2v) is 4.31. The molecule has 11 heavy (non-hydrogen) atoms. The molecule has 0 spiro atoms. The minimum absolute atomic E-state index is 0.123. The number of halogens is 3. The Kier molecular flexibility index (Phi) is 2.53. The molecule has 0 aliphatic heterocycles. The van der Waals surface area contributed by atoms with Crippen molar-refractivity contribution in [3.05, 3.63) is 10.6 Å². The van der Waals surface area contributed by atoms with Gasteiger partial charge in [-0.3, -0.25) is 4.79 Å². The number of carbonyl (C=O) groups is 1. The summed E-state index contributed by atoms with van der Waals surface area (Å²) < 4.78 is 0.205. The Morgan fingerprint density at radius 2 is 2.09 bits per heavy atom. The first-order chi connectivity index (χ1) is 4.97. The first kappa shape index (κ1) is 9.37. The van der Waals surface area contributed by atoms with E-state index in [0.29, 0.717) is 0 Å². The summed E-state index contributed by atoms with van der Waals surface area (Å²) in [5, 5.41) is -0.312. The van der Waals surface area contributed by atoms with E-state index in [-0.39, 0.29) is 15.7 Å². The van der Waals surface area contributed by atoms with Gasteiger partial charge in [-0.05, 0) is 23.9 Å². The van der Waals surface area contributed by atoms with Crippen LogP contribution in [-0.4, -0.2) is 5.24 Å². The number of hydrogen-bond acceptors (Lipinski definition) is 1. The highest BCUT2D eigenvalue weighted by molar-refractivity contribution is 6.65. The summed E-state index contributed by atoms with van der Waals surface area (Å²) in [6, 6.07) is 0. The lowest BCUT2D eigenvalue weighted by atomic mass is 10.1. The molecule has 0 aromatic carbocycles. The highest BCUT2D eigenvalue weighted by atomic mass is 35.5. The third-order valence-corrected chi connectivity index (χ3v) is 2.76. The second-order valence-electron chi connectivity index (χ2n) is 2.96. The molecule has 4 heteroatoms. The summed E-state index contributed by atoms with van der Waals surface area (Å²) in [6.45, 7) is 1.81. The van der Waals surface area contributed by atoms with Crippen molar-refractivity contribution < 1.29 is 4.79 Å². The molecule has 0 saturated heterocycles. The van der Waals surface area contributed by atoms with Crippen LogP contribution in [0.15, 0.2) is 10.6 Å². The quantitative estimate of drug-likeness (QED) is 0.644. The van der Waals surface area contributed by atoms with Crippen LogP contribution < -0.4 is 0 Å². The molecular weight excluding hydrogens is 206 g/mol. The molecule has 1 aliphatic carbocycles. The average molecular weight is 213 g/mol. The molecule has 0 N–H and O–H groups in total. The van der Waals surface area contributed by atoms with Crippen molar-refractivity contribution in [2.45, 2.75) is 13.3 Å². The van der Waals surface area contributed by atoms with Crippen molar-refractivity contribution in [1.82, 2.24) is 0 Å². The number of rotatable bonds is 2. The predicted octanol–water partition coefficient (Wildman–Crippen LogP) is 3.10. The van der Waals surface area contributed by atoms with E-state index in [1.807, 2.05) is 0 Å². The first-order valence-electron chi connectivity index (χ1n) is 3.19. The Morgan fingerprint density at radius 1 is 1.55 bits per heavy atom. The normalized spacial score (nSPS) is 34.7. The molecule has 0 heterocycles. The van der Waals surface area contributed by atoms with Gasteiger partial charge in [0.15, 0.2) is 0 Å². The van der Waals surface area contributed by atoms with E-state index in [1.165, 1.54) is 0 Å². The van der Waals surface area contributed by atoms with E-state index in [2.05, 4.69) is 0 Å². The summed E-state index contributed by atoms with van der Waals surface area (Å²) in [7, 11) is 0. The van der Waals surface area contributed by atoms with Gasteiger partial charge in [0.25, 0.3) is 0 Å². The maximum atomic E-state index is 10.8. The maximum Gasteiger partial charge on any atom is 0.228 e. The van der Waals surface area contributed by atoms with Crippen LogP contribution >= 0.6 is 34.8 Å². The summed E-state index contributed by atoms with van der Waals surface area (Å²) in [5.74, 6) is 0.123. The first-order valence-corrected chi connectivity index (χ1v) is 4.33. The topological polar surface area (TPSA) is 17.1 Å². The van der Waals surface area contributed by atoms with Crippen LogP contribution in [0.5, 0.6) is 0 Å². The van der Waals surface area contributed by atoms with Crippen molar-refractivity contribution in [3.8, 4) is 0 Å². The van der Waals surface area contributed by atoms with E-state index in [0.717, 1.165) is 6.42 Å². The predicted molar refractivity (Wildman–Crippen MR) is 46.9 cm³/mol. The zero-order valence-corrected chi connectivity index (χ0v) is 8.17. The van der Waals surface area contributed by atoms with E-state index >= 15 is 0 Å². The van der Waals surface area contributed by atoms with E-state index in [1.54, 1.807) is 13.0 Å². The maximum absolute atomic E-state index is 10.8. The Bertz CT molecular complexity index is 220. The van der Waals surface area contributed by atoms with Crippen molar-refractivity contribution in [2.75, 3.05) is 0 Å². The largest absolute Gasteiger partial charge is 0.281 e. The van der Waals surface area contributed by atoms with Crippen molar-refractivity contribution in [2.24, 2.45) is 11.3 Å². The smallest absolute Gasteiger partial charge is 0.228 e. The molecule has 0 aromatic rings. The van der Waals surface area contributed by atoms with E-state index < -0.39 is 5.41 Å². The Balaban J connectivity index is 2.61. The molecule has 1 fully saturated rings. The van der Waals surface area contributed by atoms with Crippen LogP contribution in [-0.2, 0) is 4.79 Å². The average Bonchev–Trinajstić information content (AvgIpc) is 2.42. The second kappa shape index (κ2) is 2.96. The number of carbonyl (C=O) groups excluding carboxylic acids is 1. The van der Waals surface area contributed by atoms with Crippen LogP contribution in [0.1, 0.15) is 13.3 Å². The highest BCUT2D eigenvalue weighted by Crippen LogP contribution is 2.55. The molecule has 0 amide bonds. The van der Waals surface area contributed by atoms with Gasteiger partial charge < -0.3 is 0 Å². The summed E-state index contributed by atoms with van der Waals surface area (Å²) in [4.78, 5) is 10.8. The molecule has 1 saturated carbocycles. The van der Waals surface area contributed by atoms with Gasteiger partial charge in [-0.25, -0.2) is 0 Å². The zero-order valence-electron chi connectivity index (χ0n) is 5.90. The van der Waals surface area contributed by atoms with Crippen LogP contribution in [0.2, 0.25) is 0 Å². The molecule has 2 unspecified atom stereocenters. The van der Waals surface area contributed by atoms with Gasteiger partial charge in [0.1, 0.15) is 4.49 Å². The summed E-state index contributed by atoms with van der Waals surface area (Å²) >= 11 is 16.2. The van der Waals surface area contributed by atoms with Gasteiger partial charge in [-0.1, -0.05) is 36.2 Å². The number of allylic oxidation sites excluding steroid dienone is 1. The molecular formula is C7H7Cl3O. The zero-order chi connectivity index (χ0) is 8.65. The molecule has 0 radical (unpaired) electrons. The lowest BCUT2D eigenvalue weighted by Crippen LogP contribution is -2.06. The molecule has 62 valence electrons. The van der Waals surface area contributed by atoms with Crippen LogP contribution in [0.25, 0.3) is 0 Å². The fourth-order valence-electron chi connectivity index (χ4n) is 1.02. The monoisotopic (exact) mass is 212 g/mol. The van der Waals surface area contributed by atoms with Crippen LogP contribution in [0.4, 0.5) is 0 Å². The summed E-state index contributed by atoms with van der Waals surface area (Å²) in [5.41, 5.74) is -0.420. The highest BCUT2D eigenvalue weighted by Gasteiger charge is 2.54. The Hall–Kier alpha value is 0.280. The molecule has 1 rings (SSSR count). The minimum atomic E-state index is -0.420. The van der Waals surface area contributed by atoms with Gasteiger partial charge in [0, 0.05) is 5.41 Å². The molecule has 1 aliphatic rings. The van der Waals surface area contributed by atoms with E-state index in [9.17, 15) is 4.79 Å².